The van der Waals surface area contributed by atoms with Crippen molar-refractivity contribution in [2.75, 3.05) is 20.1 Å². The predicted octanol–water partition coefficient (Wildman–Crippen LogP) is 3.31. The molecule has 0 N–H and O–H groups in total. The maximum absolute atomic E-state index is 12.0. The summed E-state index contributed by atoms with van der Waals surface area (Å²) in [6.07, 6.45) is -0.0425. The van der Waals surface area contributed by atoms with E-state index in [9.17, 15) is 4.79 Å². The van der Waals surface area contributed by atoms with Gasteiger partial charge < -0.3 is 9.47 Å². The van der Waals surface area contributed by atoms with Crippen molar-refractivity contribution in [3.8, 4) is 0 Å². The van der Waals surface area contributed by atoms with Crippen LogP contribution in [-0.2, 0) is 14.3 Å². The van der Waals surface area contributed by atoms with Crippen LogP contribution in [0, 0.1) is 0 Å². The number of methoxy groups -OCH3 is 2. The zero-order chi connectivity index (χ0) is 13.6. The first-order valence-electron chi connectivity index (χ1n) is 5.51. The van der Waals surface area contributed by atoms with Gasteiger partial charge in [0, 0.05) is 13.0 Å². The van der Waals surface area contributed by atoms with Crippen LogP contribution in [0.5, 0.6) is 0 Å². The molecular formula is C13H16BrClO3. The van der Waals surface area contributed by atoms with Crippen molar-refractivity contribution < 1.29 is 14.3 Å². The molecule has 100 valence electrons. The highest BCUT2D eigenvalue weighted by atomic mass is 79.9. The molecule has 0 unspecified atom stereocenters. The smallest absolute Gasteiger partial charge is 0.325 e. The summed E-state index contributed by atoms with van der Waals surface area (Å²) >= 11 is 9.23. The van der Waals surface area contributed by atoms with Crippen molar-refractivity contribution in [3.05, 3.63) is 35.9 Å². The molecule has 0 saturated heterocycles. The molecule has 1 aromatic carbocycles. The number of carbonyl (C=O) groups excluding carboxylic acids is 1. The van der Waals surface area contributed by atoms with E-state index in [1.54, 1.807) is 7.11 Å². The zero-order valence-electron chi connectivity index (χ0n) is 10.4. The molecule has 0 aliphatic carbocycles. The van der Waals surface area contributed by atoms with Crippen molar-refractivity contribution in [1.82, 2.24) is 0 Å². The number of benzene rings is 1. The van der Waals surface area contributed by atoms with Crippen molar-refractivity contribution in [2.45, 2.75) is 16.8 Å². The third kappa shape index (κ3) is 3.25. The second-order valence-corrected chi connectivity index (χ2v) is 5.61. The van der Waals surface area contributed by atoms with Gasteiger partial charge in [-0.1, -0.05) is 46.3 Å². The Morgan fingerprint density at radius 2 is 2.00 bits per heavy atom. The topological polar surface area (TPSA) is 35.5 Å². The highest BCUT2D eigenvalue weighted by Gasteiger charge is 2.45. The minimum Gasteiger partial charge on any atom is -0.468 e. The van der Waals surface area contributed by atoms with Gasteiger partial charge in [0.2, 0.25) is 0 Å². The van der Waals surface area contributed by atoms with Crippen LogP contribution in [0.15, 0.2) is 30.3 Å². The summed E-state index contributed by atoms with van der Waals surface area (Å²) in [5.74, 6) is -0.0635. The van der Waals surface area contributed by atoms with Gasteiger partial charge >= 0.3 is 5.97 Å². The summed E-state index contributed by atoms with van der Waals surface area (Å²) in [6, 6.07) is 9.51. The average molecular weight is 336 g/mol. The van der Waals surface area contributed by atoms with Crippen LogP contribution >= 0.6 is 27.5 Å². The second-order valence-electron chi connectivity index (χ2n) is 3.82. The fourth-order valence-electron chi connectivity index (χ4n) is 1.86. The monoisotopic (exact) mass is 334 g/mol. The molecule has 0 heterocycles. The molecule has 1 aromatic rings. The first kappa shape index (κ1) is 15.5. The lowest BCUT2D eigenvalue weighted by atomic mass is 9.93. The van der Waals surface area contributed by atoms with E-state index in [2.05, 4.69) is 15.9 Å². The first-order valence-corrected chi connectivity index (χ1v) is 6.84. The minimum absolute atomic E-state index is 0.326. The summed E-state index contributed by atoms with van der Waals surface area (Å²) in [5, 5.41) is 0. The van der Waals surface area contributed by atoms with E-state index in [-0.39, 0.29) is 5.97 Å². The van der Waals surface area contributed by atoms with Crippen LogP contribution in [0.25, 0.3) is 0 Å². The van der Waals surface area contributed by atoms with Crippen molar-refractivity contribution in [3.63, 3.8) is 0 Å². The number of hydrogen-bond acceptors (Lipinski definition) is 3. The molecular weight excluding hydrogens is 319 g/mol. The SMILES string of the molecule is COC(=O)[C@](Br)(CCCl)[C@@H](OC)c1ccccc1. The molecule has 5 heteroatoms. The van der Waals surface area contributed by atoms with Crippen LogP contribution < -0.4 is 0 Å². The van der Waals surface area contributed by atoms with Gasteiger partial charge in [-0.3, -0.25) is 4.79 Å². The Hall–Kier alpha value is -0.580. The fraction of sp³-hybridized carbons (Fsp3) is 0.462. The molecule has 0 aliphatic rings. The summed E-state index contributed by atoms with van der Waals surface area (Å²) in [6.45, 7) is 0. The van der Waals surface area contributed by atoms with E-state index in [4.69, 9.17) is 21.1 Å². The molecule has 18 heavy (non-hydrogen) atoms. The number of alkyl halides is 2. The maximum atomic E-state index is 12.0. The zero-order valence-corrected chi connectivity index (χ0v) is 12.7. The van der Waals surface area contributed by atoms with Crippen LogP contribution in [-0.4, -0.2) is 30.4 Å². The van der Waals surface area contributed by atoms with Crippen LogP contribution in [0.2, 0.25) is 0 Å². The second kappa shape index (κ2) is 7.12. The standard InChI is InChI=1S/C13H16BrClO3/c1-17-11(10-6-4-3-5-7-10)13(14,8-9-15)12(16)18-2/h3-7,11H,8-9H2,1-2H3/t11-,13-/m0/s1. The lowest BCUT2D eigenvalue weighted by Gasteiger charge is -2.32. The number of carbonyl (C=O) groups is 1. The lowest BCUT2D eigenvalue weighted by Crippen LogP contribution is -2.41. The Balaban J connectivity index is 3.13. The van der Waals surface area contributed by atoms with Crippen LogP contribution in [0.1, 0.15) is 18.1 Å². The Labute approximate surface area is 121 Å². The van der Waals surface area contributed by atoms with Gasteiger partial charge in [-0.15, -0.1) is 11.6 Å². The van der Waals surface area contributed by atoms with Gasteiger partial charge in [0.05, 0.1) is 7.11 Å². The molecule has 0 radical (unpaired) electrons. The molecule has 0 aromatic heterocycles. The van der Waals surface area contributed by atoms with E-state index in [0.29, 0.717) is 12.3 Å². The van der Waals surface area contributed by atoms with Gasteiger partial charge in [-0.25, -0.2) is 0 Å². The van der Waals surface area contributed by atoms with Crippen molar-refractivity contribution in [1.29, 1.82) is 0 Å². The molecule has 3 nitrogen and oxygen atoms in total. The summed E-state index contributed by atoms with van der Waals surface area (Å²) in [4.78, 5) is 12.0. The number of ether oxygens (including phenoxy) is 2. The number of rotatable bonds is 6. The molecule has 0 amide bonds. The largest absolute Gasteiger partial charge is 0.468 e. The molecule has 0 spiro atoms. The highest BCUT2D eigenvalue weighted by Crippen LogP contribution is 2.40. The summed E-state index contributed by atoms with van der Waals surface area (Å²) < 4.78 is 9.35. The normalized spacial score (nSPS) is 15.8. The number of esters is 1. The quantitative estimate of drug-likeness (QED) is 0.591. The van der Waals surface area contributed by atoms with Crippen LogP contribution in [0.3, 0.4) is 0 Å². The molecule has 0 saturated carbocycles. The number of halogens is 2. The maximum Gasteiger partial charge on any atom is 0.325 e. The lowest BCUT2D eigenvalue weighted by molar-refractivity contribution is -0.147. The van der Waals surface area contributed by atoms with Crippen molar-refractivity contribution >= 4 is 33.5 Å². The van der Waals surface area contributed by atoms with E-state index in [1.807, 2.05) is 30.3 Å². The van der Waals surface area contributed by atoms with Gasteiger partial charge in [0.25, 0.3) is 0 Å². The highest BCUT2D eigenvalue weighted by molar-refractivity contribution is 9.10. The van der Waals surface area contributed by atoms with E-state index in [0.717, 1.165) is 5.56 Å². The summed E-state index contributed by atoms with van der Waals surface area (Å²) in [5.41, 5.74) is 0.896. The Bertz CT molecular complexity index is 385. The van der Waals surface area contributed by atoms with Gasteiger partial charge in [-0.2, -0.15) is 0 Å². The van der Waals surface area contributed by atoms with Crippen LogP contribution in [0.4, 0.5) is 0 Å². The summed E-state index contributed by atoms with van der Waals surface area (Å²) in [7, 11) is 2.91. The average Bonchev–Trinajstić information content (AvgIpc) is 2.40. The molecule has 2 atom stereocenters. The van der Waals surface area contributed by atoms with Crippen molar-refractivity contribution in [2.24, 2.45) is 0 Å². The van der Waals surface area contributed by atoms with Gasteiger partial charge in [0.15, 0.2) is 4.32 Å². The first-order chi connectivity index (χ1) is 8.60. The third-order valence-electron chi connectivity index (χ3n) is 2.74. The van der Waals surface area contributed by atoms with Gasteiger partial charge in [0.1, 0.15) is 6.10 Å². The Kier molecular flexibility index (Phi) is 6.12. The van der Waals surface area contributed by atoms with E-state index >= 15 is 0 Å². The third-order valence-corrected chi connectivity index (χ3v) is 4.06. The molecule has 0 bridgehead atoms. The number of hydrogen-bond donors (Lipinski definition) is 0. The molecule has 0 aliphatic heterocycles. The molecule has 1 rings (SSSR count). The van der Waals surface area contributed by atoms with Gasteiger partial charge in [-0.05, 0) is 12.0 Å². The Morgan fingerprint density at radius 3 is 2.44 bits per heavy atom. The predicted molar refractivity (Wildman–Crippen MR) is 75.2 cm³/mol. The minimum atomic E-state index is -0.973. The van der Waals surface area contributed by atoms with E-state index in [1.165, 1.54) is 7.11 Å². The molecule has 0 fully saturated rings. The van der Waals surface area contributed by atoms with E-state index < -0.39 is 10.4 Å². The Morgan fingerprint density at radius 1 is 1.39 bits per heavy atom. The fourth-order valence-corrected chi connectivity index (χ4v) is 3.20.